The maximum Gasteiger partial charge on any atom is 0.317 e. The van der Waals surface area contributed by atoms with Crippen LogP contribution in [-0.2, 0) is 4.79 Å². The van der Waals surface area contributed by atoms with E-state index < -0.39 is 5.97 Å². The van der Waals surface area contributed by atoms with Crippen molar-refractivity contribution in [3.05, 3.63) is 34.9 Å². The number of carboxylic acid groups (broad SMARTS) is 1. The highest BCUT2D eigenvalue weighted by Gasteiger charge is 2.33. The van der Waals surface area contributed by atoms with E-state index in [-0.39, 0.29) is 24.7 Å². The minimum absolute atomic E-state index is 0.00563. The number of halogens is 1. The molecule has 1 unspecified atom stereocenters. The molecule has 1 saturated heterocycles. The number of urea groups is 1. The molecule has 1 aliphatic carbocycles. The Balaban J connectivity index is 1.43. The zero-order valence-corrected chi connectivity index (χ0v) is 16.5. The van der Waals surface area contributed by atoms with E-state index in [9.17, 15) is 9.59 Å². The van der Waals surface area contributed by atoms with Crippen molar-refractivity contribution in [3.63, 3.8) is 0 Å². The fraction of sp³-hybridized carbons (Fsp3) is 0.600. The van der Waals surface area contributed by atoms with Gasteiger partial charge in [0.1, 0.15) is 0 Å². The van der Waals surface area contributed by atoms with Gasteiger partial charge in [-0.15, -0.1) is 0 Å². The first kappa shape index (κ1) is 20.0. The Kier molecular flexibility index (Phi) is 6.60. The normalized spacial score (nSPS) is 25.6. The summed E-state index contributed by atoms with van der Waals surface area (Å²) in [4.78, 5) is 27.2. The lowest BCUT2D eigenvalue weighted by Gasteiger charge is -2.37. The Morgan fingerprint density at radius 2 is 2.07 bits per heavy atom. The number of nitrogens with one attached hydrogen (secondary N) is 1. The highest BCUT2D eigenvalue weighted by atomic mass is 35.5. The van der Waals surface area contributed by atoms with E-state index in [2.05, 4.69) is 11.4 Å². The number of benzene rings is 1. The van der Waals surface area contributed by atoms with E-state index in [0.717, 1.165) is 43.7 Å². The average molecular weight is 394 g/mol. The number of carboxylic acids is 1. The Morgan fingerprint density at radius 1 is 1.30 bits per heavy atom. The fourth-order valence-corrected chi connectivity index (χ4v) is 4.30. The second kappa shape index (κ2) is 8.93. The quantitative estimate of drug-likeness (QED) is 0.805. The molecule has 2 aliphatic rings. The van der Waals surface area contributed by atoms with Crippen molar-refractivity contribution >= 4 is 23.6 Å². The van der Waals surface area contributed by atoms with E-state index in [1.165, 1.54) is 5.56 Å². The number of carbonyl (C=O) groups is 2. The van der Waals surface area contributed by atoms with Gasteiger partial charge in [-0.1, -0.05) is 23.7 Å². The molecule has 27 heavy (non-hydrogen) atoms. The molecule has 0 spiro atoms. The molecule has 6 nitrogen and oxygen atoms in total. The number of nitrogens with zero attached hydrogens (tertiary/aromatic N) is 2. The first-order valence-corrected chi connectivity index (χ1v) is 10.0. The summed E-state index contributed by atoms with van der Waals surface area (Å²) in [5.74, 6) is -0.345. The summed E-state index contributed by atoms with van der Waals surface area (Å²) in [5, 5.41) is 12.9. The maximum atomic E-state index is 12.6. The highest BCUT2D eigenvalue weighted by Crippen LogP contribution is 2.37. The molecule has 2 amide bonds. The lowest BCUT2D eigenvalue weighted by Crippen LogP contribution is -2.49. The maximum absolute atomic E-state index is 12.6. The van der Waals surface area contributed by atoms with Gasteiger partial charge in [0.05, 0.1) is 6.54 Å². The van der Waals surface area contributed by atoms with Gasteiger partial charge in [0.25, 0.3) is 0 Å². The molecule has 0 bridgehead atoms. The molecule has 0 aromatic heterocycles. The van der Waals surface area contributed by atoms with Gasteiger partial charge >= 0.3 is 12.0 Å². The predicted octanol–water partition coefficient (Wildman–Crippen LogP) is 3.17. The number of likely N-dealkylation sites (N-methyl/N-ethyl adjacent to an activating group) is 1. The lowest BCUT2D eigenvalue weighted by molar-refractivity contribution is -0.138. The third-order valence-electron chi connectivity index (χ3n) is 5.78. The number of rotatable bonds is 5. The van der Waals surface area contributed by atoms with E-state index in [0.29, 0.717) is 12.5 Å². The van der Waals surface area contributed by atoms with E-state index in [1.54, 1.807) is 0 Å². The van der Waals surface area contributed by atoms with Crippen molar-refractivity contribution in [2.24, 2.45) is 0 Å². The van der Waals surface area contributed by atoms with Crippen LogP contribution in [-0.4, -0.2) is 65.7 Å². The minimum atomic E-state index is -0.810. The molecular weight excluding hydrogens is 366 g/mol. The standard InChI is InChI=1S/C20H28ClN3O3/c1-23(13-19(25)26)18-6-3-8-24(9-7-18)20(27)22-17-11-15(12-17)14-4-2-5-16(21)10-14/h2,4-5,10,15,17-18H,3,6-9,11-13H2,1H3,(H,22,27)(H,25,26). The zero-order chi connectivity index (χ0) is 19.4. The largest absolute Gasteiger partial charge is 0.480 e. The topological polar surface area (TPSA) is 72.9 Å². The van der Waals surface area contributed by atoms with Gasteiger partial charge in [-0.3, -0.25) is 9.69 Å². The van der Waals surface area contributed by atoms with Crippen LogP contribution < -0.4 is 5.32 Å². The van der Waals surface area contributed by atoms with Crippen LogP contribution in [0.2, 0.25) is 5.02 Å². The monoisotopic (exact) mass is 393 g/mol. The Morgan fingerprint density at radius 3 is 2.78 bits per heavy atom. The summed E-state index contributed by atoms with van der Waals surface area (Å²) in [6.07, 6.45) is 4.53. The van der Waals surface area contributed by atoms with E-state index >= 15 is 0 Å². The van der Waals surface area contributed by atoms with Gasteiger partial charge in [-0.2, -0.15) is 0 Å². The van der Waals surface area contributed by atoms with Crippen molar-refractivity contribution in [3.8, 4) is 0 Å². The van der Waals surface area contributed by atoms with E-state index in [1.807, 2.05) is 35.0 Å². The van der Waals surface area contributed by atoms with Crippen LogP contribution in [0.4, 0.5) is 4.79 Å². The van der Waals surface area contributed by atoms with Crippen molar-refractivity contribution in [1.82, 2.24) is 15.1 Å². The molecule has 1 saturated carbocycles. The van der Waals surface area contributed by atoms with Gasteiger partial charge < -0.3 is 15.3 Å². The highest BCUT2D eigenvalue weighted by molar-refractivity contribution is 6.30. The fourth-order valence-electron chi connectivity index (χ4n) is 4.10. The van der Waals surface area contributed by atoms with E-state index in [4.69, 9.17) is 16.7 Å². The third kappa shape index (κ3) is 5.36. The molecule has 1 heterocycles. The summed E-state index contributed by atoms with van der Waals surface area (Å²) in [6.45, 7) is 1.45. The van der Waals surface area contributed by atoms with Crippen molar-refractivity contribution in [2.45, 2.75) is 50.1 Å². The first-order valence-electron chi connectivity index (χ1n) is 9.65. The van der Waals surface area contributed by atoms with Gasteiger partial charge in [0.2, 0.25) is 0 Å². The molecule has 2 fully saturated rings. The lowest BCUT2D eigenvalue weighted by atomic mass is 9.76. The summed E-state index contributed by atoms with van der Waals surface area (Å²) >= 11 is 6.06. The number of likely N-dealkylation sites (tertiary alicyclic amines) is 1. The smallest absolute Gasteiger partial charge is 0.317 e. The predicted molar refractivity (Wildman–Crippen MR) is 105 cm³/mol. The average Bonchev–Trinajstić information content (AvgIpc) is 2.83. The zero-order valence-electron chi connectivity index (χ0n) is 15.7. The number of amides is 2. The molecule has 2 N–H and O–H groups in total. The number of carbonyl (C=O) groups excluding carboxylic acids is 1. The number of hydrogen-bond acceptors (Lipinski definition) is 3. The third-order valence-corrected chi connectivity index (χ3v) is 6.01. The van der Waals surface area contributed by atoms with Crippen LogP contribution in [0.15, 0.2) is 24.3 Å². The Hall–Kier alpha value is -1.79. The second-order valence-electron chi connectivity index (χ2n) is 7.75. The van der Waals surface area contributed by atoms with Gasteiger partial charge in [-0.05, 0) is 62.8 Å². The van der Waals surface area contributed by atoms with Crippen LogP contribution >= 0.6 is 11.6 Å². The second-order valence-corrected chi connectivity index (χ2v) is 8.19. The molecule has 148 valence electrons. The molecular formula is C20H28ClN3O3. The Labute approximate surface area is 165 Å². The van der Waals surface area contributed by atoms with Crippen molar-refractivity contribution < 1.29 is 14.7 Å². The first-order chi connectivity index (χ1) is 12.9. The molecule has 1 aliphatic heterocycles. The van der Waals surface area contributed by atoms with Crippen LogP contribution in [0.3, 0.4) is 0 Å². The molecule has 1 aromatic rings. The van der Waals surface area contributed by atoms with Gasteiger partial charge in [-0.25, -0.2) is 4.79 Å². The summed E-state index contributed by atoms with van der Waals surface area (Å²) in [5.41, 5.74) is 1.24. The molecule has 7 heteroatoms. The van der Waals surface area contributed by atoms with Crippen LogP contribution in [0.5, 0.6) is 0 Å². The van der Waals surface area contributed by atoms with Gasteiger partial charge in [0.15, 0.2) is 0 Å². The van der Waals surface area contributed by atoms with Crippen LogP contribution in [0, 0.1) is 0 Å². The number of aliphatic carboxylic acids is 1. The number of hydrogen-bond donors (Lipinski definition) is 2. The summed E-state index contributed by atoms with van der Waals surface area (Å²) in [7, 11) is 1.85. The van der Waals surface area contributed by atoms with Gasteiger partial charge in [0, 0.05) is 30.2 Å². The van der Waals surface area contributed by atoms with Crippen molar-refractivity contribution in [2.75, 3.05) is 26.7 Å². The van der Waals surface area contributed by atoms with Crippen LogP contribution in [0.1, 0.15) is 43.6 Å². The van der Waals surface area contributed by atoms with Crippen LogP contribution in [0.25, 0.3) is 0 Å². The van der Waals surface area contributed by atoms with Crippen molar-refractivity contribution in [1.29, 1.82) is 0 Å². The molecule has 0 radical (unpaired) electrons. The molecule has 1 aromatic carbocycles. The summed E-state index contributed by atoms with van der Waals surface area (Å²) < 4.78 is 0. The Bertz CT molecular complexity index is 678. The minimum Gasteiger partial charge on any atom is -0.480 e. The molecule has 3 rings (SSSR count). The SMILES string of the molecule is CN(CC(=O)O)C1CCCN(C(=O)NC2CC(c3cccc(Cl)c3)C2)CC1. The molecule has 1 atom stereocenters. The summed E-state index contributed by atoms with van der Waals surface area (Å²) in [6, 6.07) is 8.39.